The summed E-state index contributed by atoms with van der Waals surface area (Å²) in [5.41, 5.74) is -0.888. The van der Waals surface area contributed by atoms with Crippen LogP contribution in [0.1, 0.15) is 70.3 Å². The monoisotopic (exact) mass is 577 g/mol. The maximum Gasteiger partial charge on any atom is 0.248 e. The van der Waals surface area contributed by atoms with E-state index in [2.05, 4.69) is 13.2 Å². The summed E-state index contributed by atoms with van der Waals surface area (Å²) in [6.07, 6.45) is 11.0. The number of ether oxygens (including phenoxy) is 1. The summed E-state index contributed by atoms with van der Waals surface area (Å²) in [4.78, 5) is 48.9. The second-order valence-electron chi connectivity index (χ2n) is 12.8. The van der Waals surface area contributed by atoms with Gasteiger partial charge in [0.05, 0.1) is 17.4 Å². The van der Waals surface area contributed by atoms with Gasteiger partial charge in [0.25, 0.3) is 0 Å². The number of amides is 3. The molecule has 0 radical (unpaired) electrons. The molecule has 1 aliphatic carbocycles. The Morgan fingerprint density at radius 3 is 2.43 bits per heavy atom. The lowest BCUT2D eigenvalue weighted by Crippen LogP contribution is -2.58. The molecule has 5 rings (SSSR count). The largest absolute Gasteiger partial charge is 0.396 e. The van der Waals surface area contributed by atoms with Crippen LogP contribution in [0.5, 0.6) is 0 Å². The number of unbranched alkanes of at least 4 members (excludes halogenated alkanes) is 1. The van der Waals surface area contributed by atoms with E-state index in [1.807, 2.05) is 42.2 Å². The van der Waals surface area contributed by atoms with E-state index in [0.717, 1.165) is 31.2 Å². The zero-order valence-electron chi connectivity index (χ0n) is 25.1. The average molecular weight is 578 g/mol. The SMILES string of the molecule is C=CCN(Cc1ccccc1)C(=O)[C@H]1[C@H]2C(=O)N(CCCCO)C(C(=O)N(CC=C)C3CCCCC3)C23CC[C@]1(C)O3. The topological polar surface area (TPSA) is 90.4 Å². The van der Waals surface area contributed by atoms with E-state index >= 15 is 0 Å². The van der Waals surface area contributed by atoms with Gasteiger partial charge in [-0.05, 0) is 51.0 Å². The van der Waals surface area contributed by atoms with E-state index in [0.29, 0.717) is 51.9 Å². The molecule has 42 heavy (non-hydrogen) atoms. The van der Waals surface area contributed by atoms with Crippen LogP contribution in [0, 0.1) is 11.8 Å². The zero-order chi connectivity index (χ0) is 29.9. The van der Waals surface area contributed by atoms with Gasteiger partial charge in [-0.15, -0.1) is 13.2 Å². The quantitative estimate of drug-likeness (QED) is 0.282. The van der Waals surface area contributed by atoms with Gasteiger partial charge >= 0.3 is 0 Å². The Morgan fingerprint density at radius 2 is 1.76 bits per heavy atom. The third kappa shape index (κ3) is 5.32. The first-order valence-electron chi connectivity index (χ1n) is 15.8. The van der Waals surface area contributed by atoms with Gasteiger partial charge in [0.2, 0.25) is 17.7 Å². The number of benzene rings is 1. The van der Waals surface area contributed by atoms with Crippen molar-refractivity contribution >= 4 is 17.7 Å². The Bertz CT molecular complexity index is 1170. The maximum absolute atomic E-state index is 14.7. The van der Waals surface area contributed by atoms with Gasteiger partial charge in [-0.3, -0.25) is 14.4 Å². The molecule has 4 aliphatic rings. The summed E-state index contributed by atoms with van der Waals surface area (Å²) in [6.45, 7) is 11.3. The summed E-state index contributed by atoms with van der Waals surface area (Å²) in [5.74, 6) is -1.81. The molecule has 1 aromatic rings. The van der Waals surface area contributed by atoms with Gasteiger partial charge < -0.3 is 24.5 Å². The van der Waals surface area contributed by atoms with Gasteiger partial charge in [-0.25, -0.2) is 0 Å². The van der Waals surface area contributed by atoms with Gasteiger partial charge in [0.1, 0.15) is 11.6 Å². The molecule has 8 heteroatoms. The molecule has 2 unspecified atom stereocenters. The molecule has 1 N–H and O–H groups in total. The Kier molecular flexibility index (Phi) is 9.23. The Morgan fingerprint density at radius 1 is 1.05 bits per heavy atom. The number of carbonyl (C=O) groups is 3. The van der Waals surface area contributed by atoms with Gasteiger partial charge in [-0.1, -0.05) is 61.7 Å². The molecule has 1 spiro atoms. The second-order valence-corrected chi connectivity index (χ2v) is 12.8. The van der Waals surface area contributed by atoms with E-state index in [4.69, 9.17) is 4.74 Å². The number of carbonyl (C=O) groups excluding carboxylic acids is 3. The lowest BCUT2D eigenvalue weighted by Gasteiger charge is -2.40. The van der Waals surface area contributed by atoms with Crippen LogP contribution in [0.2, 0.25) is 0 Å². The highest BCUT2D eigenvalue weighted by Crippen LogP contribution is 2.63. The highest BCUT2D eigenvalue weighted by Gasteiger charge is 2.78. The molecule has 5 atom stereocenters. The van der Waals surface area contributed by atoms with Gasteiger partial charge in [0, 0.05) is 38.8 Å². The third-order valence-electron chi connectivity index (χ3n) is 10.1. The molecule has 8 nitrogen and oxygen atoms in total. The smallest absolute Gasteiger partial charge is 0.248 e. The van der Waals surface area contributed by atoms with Crippen molar-refractivity contribution in [3.05, 3.63) is 61.2 Å². The number of aliphatic hydroxyl groups is 1. The fraction of sp³-hybridized carbons (Fsp3) is 0.618. The summed E-state index contributed by atoms with van der Waals surface area (Å²) in [5, 5.41) is 9.48. The molecule has 1 saturated carbocycles. The fourth-order valence-corrected chi connectivity index (χ4v) is 8.21. The fourth-order valence-electron chi connectivity index (χ4n) is 8.21. The van der Waals surface area contributed by atoms with E-state index in [9.17, 15) is 19.5 Å². The Hall–Kier alpha value is -2.97. The minimum Gasteiger partial charge on any atom is -0.396 e. The molecule has 3 saturated heterocycles. The Balaban J connectivity index is 1.51. The van der Waals surface area contributed by atoms with Crippen molar-refractivity contribution < 1.29 is 24.2 Å². The predicted octanol–water partition coefficient (Wildman–Crippen LogP) is 4.09. The summed E-state index contributed by atoms with van der Waals surface area (Å²) in [7, 11) is 0. The summed E-state index contributed by atoms with van der Waals surface area (Å²) < 4.78 is 6.88. The van der Waals surface area contributed by atoms with Crippen LogP contribution in [0.3, 0.4) is 0 Å². The van der Waals surface area contributed by atoms with Crippen molar-refractivity contribution in [2.24, 2.45) is 11.8 Å². The van der Waals surface area contributed by atoms with E-state index in [1.54, 1.807) is 22.0 Å². The van der Waals surface area contributed by atoms with Crippen LogP contribution in [0.15, 0.2) is 55.6 Å². The van der Waals surface area contributed by atoms with E-state index < -0.39 is 29.1 Å². The number of nitrogens with zero attached hydrogens (tertiary/aromatic N) is 3. The number of rotatable bonds is 13. The molecule has 2 bridgehead atoms. The van der Waals surface area contributed by atoms with Crippen LogP contribution < -0.4 is 0 Å². The van der Waals surface area contributed by atoms with Crippen molar-refractivity contribution in [2.45, 2.75) is 94.5 Å². The normalized spacial score (nSPS) is 30.3. The van der Waals surface area contributed by atoms with Crippen LogP contribution in [-0.4, -0.2) is 87.1 Å². The average Bonchev–Trinajstić information content (AvgIpc) is 3.56. The lowest BCUT2D eigenvalue weighted by molar-refractivity contribution is -0.155. The first-order chi connectivity index (χ1) is 20.3. The van der Waals surface area contributed by atoms with Gasteiger partial charge in [0.15, 0.2) is 0 Å². The second kappa shape index (κ2) is 12.7. The first kappa shape index (κ1) is 30.5. The predicted molar refractivity (Wildman–Crippen MR) is 161 cm³/mol. The molecule has 3 amide bonds. The molecular weight excluding hydrogens is 530 g/mol. The molecule has 228 valence electrons. The number of aliphatic hydroxyl groups excluding tert-OH is 1. The van der Waals surface area contributed by atoms with Crippen LogP contribution in [-0.2, 0) is 25.7 Å². The van der Waals surface area contributed by atoms with Crippen LogP contribution in [0.4, 0.5) is 0 Å². The maximum atomic E-state index is 14.7. The van der Waals surface area contributed by atoms with Crippen molar-refractivity contribution in [3.63, 3.8) is 0 Å². The highest BCUT2D eigenvalue weighted by molar-refractivity contribution is 5.99. The molecular formula is C34H47N3O5. The molecule has 0 aromatic heterocycles. The zero-order valence-corrected chi connectivity index (χ0v) is 25.1. The standard InChI is InChI=1S/C34H47N3O5/c1-4-20-35(24-25-14-8-6-9-15-25)30(39)27-28-31(40)37(22-12-13-23-38)29(34(28)19-18-33(27,3)42-34)32(41)36(21-5-2)26-16-10-7-11-17-26/h4-6,8-9,14-15,26-29,38H,1-2,7,10-13,16-24H2,3H3/t27-,28+,29?,33+,34?/m1/s1. The lowest BCUT2D eigenvalue weighted by atomic mass is 9.66. The number of hydrogen-bond donors (Lipinski definition) is 1. The number of fused-ring (bicyclic) bond motifs is 1. The Labute approximate surface area is 250 Å². The van der Waals surface area contributed by atoms with E-state index in [1.165, 1.54) is 6.42 Å². The van der Waals surface area contributed by atoms with Gasteiger partial charge in [-0.2, -0.15) is 0 Å². The molecule has 3 heterocycles. The molecule has 1 aromatic carbocycles. The van der Waals surface area contributed by atoms with Crippen LogP contribution >= 0.6 is 0 Å². The highest BCUT2D eigenvalue weighted by atomic mass is 16.5. The summed E-state index contributed by atoms with van der Waals surface area (Å²) in [6, 6.07) is 9.13. The third-order valence-corrected chi connectivity index (χ3v) is 10.1. The number of likely N-dealkylation sites (tertiary alicyclic amines) is 1. The summed E-state index contributed by atoms with van der Waals surface area (Å²) >= 11 is 0. The van der Waals surface area contributed by atoms with Crippen LogP contribution in [0.25, 0.3) is 0 Å². The number of hydrogen-bond acceptors (Lipinski definition) is 5. The van der Waals surface area contributed by atoms with Crippen molar-refractivity contribution in [1.29, 1.82) is 0 Å². The molecule has 3 aliphatic heterocycles. The molecule has 4 fully saturated rings. The van der Waals surface area contributed by atoms with E-state index in [-0.39, 0.29) is 30.4 Å². The minimum absolute atomic E-state index is 0.0194. The van der Waals surface area contributed by atoms with Crippen molar-refractivity contribution in [3.8, 4) is 0 Å². The van der Waals surface area contributed by atoms with Crippen molar-refractivity contribution in [2.75, 3.05) is 26.2 Å². The van der Waals surface area contributed by atoms with Crippen molar-refractivity contribution in [1.82, 2.24) is 14.7 Å². The minimum atomic E-state index is -1.05. The first-order valence-corrected chi connectivity index (χ1v) is 15.8.